The van der Waals surface area contributed by atoms with Gasteiger partial charge in [0, 0.05) is 13.1 Å². The SMILES string of the molecule is N#CC1(N2CCCCC2)COCc2ccccc21. The molecule has 1 aromatic carbocycles. The molecule has 0 bridgehead atoms. The molecule has 3 heteroatoms. The number of hydrogen-bond donors (Lipinski definition) is 0. The normalized spacial score (nSPS) is 28.4. The molecule has 0 aromatic heterocycles. The van der Waals surface area contributed by atoms with Gasteiger partial charge < -0.3 is 4.74 Å². The molecule has 1 atom stereocenters. The highest BCUT2D eigenvalue weighted by molar-refractivity contribution is 5.40. The van der Waals surface area contributed by atoms with Crippen LogP contribution in [0.3, 0.4) is 0 Å². The molecule has 94 valence electrons. The Bertz CT molecular complexity index is 474. The van der Waals surface area contributed by atoms with Crippen LogP contribution in [0.5, 0.6) is 0 Å². The fourth-order valence-corrected chi connectivity index (χ4v) is 3.14. The average molecular weight is 242 g/mol. The molecule has 2 aliphatic rings. The van der Waals surface area contributed by atoms with Crippen LogP contribution in [-0.2, 0) is 16.9 Å². The minimum atomic E-state index is -0.560. The number of piperidine rings is 1. The van der Waals surface area contributed by atoms with Gasteiger partial charge in [0.25, 0.3) is 0 Å². The third-order valence-electron chi connectivity index (χ3n) is 4.11. The van der Waals surface area contributed by atoms with E-state index in [9.17, 15) is 5.26 Å². The summed E-state index contributed by atoms with van der Waals surface area (Å²) >= 11 is 0. The zero-order valence-electron chi connectivity index (χ0n) is 10.6. The first-order valence-corrected chi connectivity index (χ1v) is 6.69. The number of nitrogens with zero attached hydrogens (tertiary/aromatic N) is 2. The summed E-state index contributed by atoms with van der Waals surface area (Å²) in [5, 5.41) is 9.77. The fraction of sp³-hybridized carbons (Fsp3) is 0.533. The third-order valence-corrected chi connectivity index (χ3v) is 4.11. The topological polar surface area (TPSA) is 36.3 Å². The number of benzene rings is 1. The van der Waals surface area contributed by atoms with E-state index in [-0.39, 0.29) is 0 Å². The van der Waals surface area contributed by atoms with Crippen molar-refractivity contribution >= 4 is 0 Å². The molecule has 2 aliphatic heterocycles. The Kier molecular flexibility index (Phi) is 3.07. The van der Waals surface area contributed by atoms with Gasteiger partial charge in [-0.25, -0.2) is 0 Å². The molecule has 2 heterocycles. The number of ether oxygens (including phenoxy) is 1. The molecule has 0 radical (unpaired) electrons. The lowest BCUT2D eigenvalue weighted by atomic mass is 9.84. The molecule has 18 heavy (non-hydrogen) atoms. The monoisotopic (exact) mass is 242 g/mol. The van der Waals surface area contributed by atoms with Crippen LogP contribution in [0.25, 0.3) is 0 Å². The Morgan fingerprint density at radius 1 is 1.17 bits per heavy atom. The Balaban J connectivity index is 2.04. The first-order valence-electron chi connectivity index (χ1n) is 6.69. The Labute approximate surface area is 108 Å². The zero-order chi connectivity index (χ0) is 12.4. The van der Waals surface area contributed by atoms with E-state index in [2.05, 4.69) is 23.1 Å². The fourth-order valence-electron chi connectivity index (χ4n) is 3.14. The summed E-state index contributed by atoms with van der Waals surface area (Å²) < 4.78 is 5.69. The molecule has 0 amide bonds. The van der Waals surface area contributed by atoms with Crippen molar-refractivity contribution in [2.45, 2.75) is 31.4 Å². The number of rotatable bonds is 1. The van der Waals surface area contributed by atoms with Gasteiger partial charge >= 0.3 is 0 Å². The number of hydrogen-bond acceptors (Lipinski definition) is 3. The van der Waals surface area contributed by atoms with Crippen molar-refractivity contribution < 1.29 is 4.74 Å². The van der Waals surface area contributed by atoms with Crippen LogP contribution < -0.4 is 0 Å². The van der Waals surface area contributed by atoms with Crippen LogP contribution in [0, 0.1) is 11.3 Å². The van der Waals surface area contributed by atoms with Crippen LogP contribution >= 0.6 is 0 Å². The van der Waals surface area contributed by atoms with Gasteiger partial charge in [-0.1, -0.05) is 30.7 Å². The predicted octanol–water partition coefficient (Wildman–Crippen LogP) is 2.42. The molecule has 0 aliphatic carbocycles. The quantitative estimate of drug-likeness (QED) is 0.759. The second-order valence-electron chi connectivity index (χ2n) is 5.17. The van der Waals surface area contributed by atoms with E-state index in [0.717, 1.165) is 24.2 Å². The van der Waals surface area contributed by atoms with Crippen molar-refractivity contribution in [1.82, 2.24) is 4.90 Å². The molecule has 1 saturated heterocycles. The molecule has 3 rings (SSSR count). The van der Waals surface area contributed by atoms with Gasteiger partial charge in [0.15, 0.2) is 5.54 Å². The number of nitriles is 1. The summed E-state index contributed by atoms with van der Waals surface area (Å²) in [5.74, 6) is 0. The molecular weight excluding hydrogens is 224 g/mol. The Morgan fingerprint density at radius 3 is 2.72 bits per heavy atom. The van der Waals surface area contributed by atoms with E-state index in [1.54, 1.807) is 0 Å². The highest BCUT2D eigenvalue weighted by Gasteiger charge is 2.43. The second kappa shape index (κ2) is 4.72. The molecule has 1 aromatic rings. The van der Waals surface area contributed by atoms with Gasteiger partial charge in [-0.3, -0.25) is 4.90 Å². The maximum Gasteiger partial charge on any atom is 0.158 e. The standard InChI is InChI=1S/C15H18N2O/c16-11-15(17-8-4-1-5-9-17)12-18-10-13-6-2-3-7-14(13)15/h2-3,6-7H,1,4-5,8-10,12H2. The van der Waals surface area contributed by atoms with Gasteiger partial charge in [0.05, 0.1) is 19.3 Å². The van der Waals surface area contributed by atoms with E-state index in [1.807, 2.05) is 12.1 Å². The smallest absolute Gasteiger partial charge is 0.158 e. The van der Waals surface area contributed by atoms with Crippen LogP contribution in [0.4, 0.5) is 0 Å². The van der Waals surface area contributed by atoms with Crippen molar-refractivity contribution in [3.05, 3.63) is 35.4 Å². The van der Waals surface area contributed by atoms with E-state index >= 15 is 0 Å². The predicted molar refractivity (Wildman–Crippen MR) is 68.8 cm³/mol. The van der Waals surface area contributed by atoms with Gasteiger partial charge in [-0.2, -0.15) is 5.26 Å². The number of likely N-dealkylation sites (tertiary alicyclic amines) is 1. The lowest BCUT2D eigenvalue weighted by molar-refractivity contribution is -0.0128. The molecule has 0 N–H and O–H groups in total. The van der Waals surface area contributed by atoms with E-state index in [4.69, 9.17) is 4.74 Å². The largest absolute Gasteiger partial charge is 0.373 e. The third kappa shape index (κ3) is 1.73. The number of fused-ring (bicyclic) bond motifs is 1. The molecule has 0 spiro atoms. The first-order chi connectivity index (χ1) is 8.87. The summed E-state index contributed by atoms with van der Waals surface area (Å²) in [5.41, 5.74) is 1.76. The molecular formula is C15H18N2O. The molecule has 1 unspecified atom stereocenters. The second-order valence-corrected chi connectivity index (χ2v) is 5.17. The van der Waals surface area contributed by atoms with Gasteiger partial charge in [0.2, 0.25) is 0 Å². The van der Waals surface area contributed by atoms with E-state index in [0.29, 0.717) is 13.2 Å². The van der Waals surface area contributed by atoms with Crippen molar-refractivity contribution in [3.63, 3.8) is 0 Å². The van der Waals surface area contributed by atoms with E-state index < -0.39 is 5.54 Å². The van der Waals surface area contributed by atoms with Crippen LogP contribution in [0.15, 0.2) is 24.3 Å². The van der Waals surface area contributed by atoms with Crippen molar-refractivity contribution in [3.8, 4) is 6.07 Å². The van der Waals surface area contributed by atoms with E-state index in [1.165, 1.54) is 19.3 Å². The lowest BCUT2D eigenvalue weighted by Gasteiger charge is -2.43. The van der Waals surface area contributed by atoms with Gasteiger partial charge in [-0.05, 0) is 24.0 Å². The maximum atomic E-state index is 9.77. The Morgan fingerprint density at radius 2 is 1.94 bits per heavy atom. The van der Waals surface area contributed by atoms with Crippen molar-refractivity contribution in [2.75, 3.05) is 19.7 Å². The molecule has 0 saturated carbocycles. The first kappa shape index (κ1) is 11.7. The summed E-state index contributed by atoms with van der Waals surface area (Å²) in [7, 11) is 0. The Hall–Kier alpha value is -1.37. The highest BCUT2D eigenvalue weighted by Crippen LogP contribution is 2.36. The average Bonchev–Trinajstić information content (AvgIpc) is 2.47. The van der Waals surface area contributed by atoms with Gasteiger partial charge in [-0.15, -0.1) is 0 Å². The summed E-state index contributed by atoms with van der Waals surface area (Å²) in [4.78, 5) is 2.31. The summed E-state index contributed by atoms with van der Waals surface area (Å²) in [6, 6.07) is 10.8. The maximum absolute atomic E-state index is 9.77. The van der Waals surface area contributed by atoms with Crippen LogP contribution in [0.2, 0.25) is 0 Å². The minimum Gasteiger partial charge on any atom is -0.373 e. The molecule has 3 nitrogen and oxygen atoms in total. The summed E-state index contributed by atoms with van der Waals surface area (Å²) in [6.45, 7) is 3.14. The zero-order valence-corrected chi connectivity index (χ0v) is 10.6. The van der Waals surface area contributed by atoms with Crippen molar-refractivity contribution in [2.24, 2.45) is 0 Å². The van der Waals surface area contributed by atoms with Crippen LogP contribution in [-0.4, -0.2) is 24.6 Å². The van der Waals surface area contributed by atoms with Crippen molar-refractivity contribution in [1.29, 1.82) is 5.26 Å². The minimum absolute atomic E-state index is 0.501. The summed E-state index contributed by atoms with van der Waals surface area (Å²) in [6.07, 6.45) is 3.65. The van der Waals surface area contributed by atoms with Crippen LogP contribution in [0.1, 0.15) is 30.4 Å². The lowest BCUT2D eigenvalue weighted by Crippen LogP contribution is -2.52. The highest BCUT2D eigenvalue weighted by atomic mass is 16.5. The molecule has 1 fully saturated rings. The van der Waals surface area contributed by atoms with Gasteiger partial charge in [0.1, 0.15) is 0 Å².